The van der Waals surface area contributed by atoms with Crippen molar-refractivity contribution < 1.29 is 17.9 Å². The van der Waals surface area contributed by atoms with E-state index in [4.69, 9.17) is 26.8 Å². The summed E-state index contributed by atoms with van der Waals surface area (Å²) in [5.74, 6) is -0.274. The third-order valence-electron chi connectivity index (χ3n) is 6.05. The first-order valence-electron chi connectivity index (χ1n) is 10.7. The molecule has 0 bridgehead atoms. The maximum atomic E-state index is 14.2. The number of halogens is 1. The van der Waals surface area contributed by atoms with Crippen LogP contribution in [0, 0.1) is 11.3 Å². The molecule has 7 nitrogen and oxygen atoms in total. The van der Waals surface area contributed by atoms with Gasteiger partial charge in [-0.1, -0.05) is 48.0 Å². The average molecular weight is 506 g/mol. The van der Waals surface area contributed by atoms with Crippen molar-refractivity contribution in [1.29, 1.82) is 5.26 Å². The van der Waals surface area contributed by atoms with Gasteiger partial charge in [-0.3, -0.25) is 4.31 Å². The fourth-order valence-electron chi connectivity index (χ4n) is 4.36. The van der Waals surface area contributed by atoms with Crippen LogP contribution in [0.15, 0.2) is 89.2 Å². The topological polar surface area (TPSA) is 106 Å². The first kappa shape index (κ1) is 22.8. The van der Waals surface area contributed by atoms with E-state index in [1.807, 2.05) is 12.1 Å². The predicted molar refractivity (Wildman–Crippen MR) is 134 cm³/mol. The number of fused-ring (bicyclic) bond motifs is 2. The lowest BCUT2D eigenvalue weighted by Gasteiger charge is -2.38. The minimum absolute atomic E-state index is 0.0263. The summed E-state index contributed by atoms with van der Waals surface area (Å²) in [7, 11) is -2.57. The second-order valence-electron chi connectivity index (χ2n) is 8.05. The Balaban J connectivity index is 1.72. The molecule has 0 saturated carbocycles. The molecule has 2 aliphatic heterocycles. The van der Waals surface area contributed by atoms with Gasteiger partial charge in [0.25, 0.3) is 10.0 Å². The van der Waals surface area contributed by atoms with Crippen molar-refractivity contribution in [3.05, 3.63) is 111 Å². The molecule has 35 heavy (non-hydrogen) atoms. The van der Waals surface area contributed by atoms with Gasteiger partial charge < -0.3 is 15.2 Å². The van der Waals surface area contributed by atoms with E-state index in [1.165, 1.54) is 4.31 Å². The van der Waals surface area contributed by atoms with Crippen LogP contribution >= 0.6 is 11.6 Å². The van der Waals surface area contributed by atoms with Crippen LogP contribution in [0.3, 0.4) is 0 Å². The van der Waals surface area contributed by atoms with Crippen LogP contribution in [0.25, 0.3) is 5.76 Å². The lowest BCUT2D eigenvalue weighted by atomic mass is 9.88. The fourth-order valence-corrected chi connectivity index (χ4v) is 6.40. The molecule has 1 unspecified atom stereocenters. The summed E-state index contributed by atoms with van der Waals surface area (Å²) in [6.45, 7) is 0.0779. The molecule has 5 rings (SSSR count). The zero-order chi connectivity index (χ0) is 24.7. The highest BCUT2D eigenvalue weighted by Gasteiger charge is 2.47. The summed E-state index contributed by atoms with van der Waals surface area (Å²) >= 11 is 6.07. The highest BCUT2D eigenvalue weighted by molar-refractivity contribution is 7.96. The van der Waals surface area contributed by atoms with Crippen LogP contribution < -0.4 is 14.8 Å². The Kier molecular flexibility index (Phi) is 5.67. The smallest absolute Gasteiger partial charge is 0.265 e. The predicted octanol–water partition coefficient (Wildman–Crippen LogP) is 4.88. The highest BCUT2D eigenvalue weighted by Crippen LogP contribution is 2.51. The van der Waals surface area contributed by atoms with Crippen LogP contribution in [-0.4, -0.2) is 15.5 Å². The van der Waals surface area contributed by atoms with Gasteiger partial charge in [0.2, 0.25) is 5.88 Å². The van der Waals surface area contributed by atoms with Crippen LogP contribution in [0.4, 0.5) is 5.69 Å². The molecule has 3 aromatic rings. The summed E-state index contributed by atoms with van der Waals surface area (Å²) in [6.07, 6.45) is 0. The molecule has 0 aromatic heterocycles. The molecule has 2 aliphatic rings. The van der Waals surface area contributed by atoms with E-state index in [-0.39, 0.29) is 28.7 Å². The second-order valence-corrected chi connectivity index (χ2v) is 10.3. The molecular weight excluding hydrogens is 486 g/mol. The summed E-state index contributed by atoms with van der Waals surface area (Å²) in [5, 5.41) is 10.4. The van der Waals surface area contributed by atoms with Crippen molar-refractivity contribution in [3.63, 3.8) is 0 Å². The maximum Gasteiger partial charge on any atom is 0.265 e. The van der Waals surface area contributed by atoms with E-state index in [0.29, 0.717) is 27.6 Å². The van der Waals surface area contributed by atoms with Gasteiger partial charge in [-0.2, -0.15) is 5.26 Å². The van der Waals surface area contributed by atoms with Crippen LogP contribution in [0.2, 0.25) is 5.02 Å². The van der Waals surface area contributed by atoms with Crippen molar-refractivity contribution in [1.82, 2.24) is 0 Å². The van der Waals surface area contributed by atoms with Crippen molar-refractivity contribution in [2.75, 3.05) is 11.4 Å². The van der Waals surface area contributed by atoms with Crippen molar-refractivity contribution in [3.8, 4) is 11.8 Å². The molecule has 1 atom stereocenters. The molecule has 2 heterocycles. The molecule has 9 heteroatoms. The molecule has 176 valence electrons. The lowest BCUT2D eigenvalue weighted by Crippen LogP contribution is -2.39. The number of nitrogens with zero attached hydrogens (tertiary/aromatic N) is 2. The number of hydrogen-bond donors (Lipinski definition) is 1. The van der Waals surface area contributed by atoms with Gasteiger partial charge in [-0.25, -0.2) is 8.42 Å². The number of benzene rings is 3. The van der Waals surface area contributed by atoms with Gasteiger partial charge in [0, 0.05) is 10.6 Å². The number of para-hydroxylation sites is 1. The second kappa shape index (κ2) is 8.69. The first-order chi connectivity index (χ1) is 16.8. The summed E-state index contributed by atoms with van der Waals surface area (Å²) in [6, 6.07) is 23.0. The molecular formula is C26H20ClN3O4S. The number of methoxy groups -OCH3 is 1. The Morgan fingerprint density at radius 1 is 1.09 bits per heavy atom. The number of nitriles is 1. The maximum absolute atomic E-state index is 14.2. The molecule has 2 N–H and O–H groups in total. The van der Waals surface area contributed by atoms with Gasteiger partial charge in [-0.15, -0.1) is 0 Å². The molecule has 0 saturated heterocycles. The Morgan fingerprint density at radius 2 is 1.77 bits per heavy atom. The van der Waals surface area contributed by atoms with Gasteiger partial charge in [-0.05, 0) is 47.5 Å². The number of nitrogens with two attached hydrogens (primary N) is 1. The van der Waals surface area contributed by atoms with E-state index < -0.39 is 15.9 Å². The number of anilines is 1. The van der Waals surface area contributed by atoms with E-state index >= 15 is 0 Å². The quantitative estimate of drug-likeness (QED) is 0.542. The molecule has 0 spiro atoms. The minimum atomic E-state index is -4.14. The standard InChI is InChI=1S/C26H20ClN3O4S/c1-33-19-12-6-16(7-13-19)15-30-22-5-3-2-4-20(22)24-25(35(30,31)32)23(21(14-28)26(29)34-24)17-8-10-18(27)11-9-17/h2-13,23H,15,29H2,1H3. The van der Waals surface area contributed by atoms with Crippen LogP contribution in [0.1, 0.15) is 22.6 Å². The third kappa shape index (κ3) is 3.79. The highest BCUT2D eigenvalue weighted by atomic mass is 35.5. The van der Waals surface area contributed by atoms with Crippen molar-refractivity contribution in [2.45, 2.75) is 12.5 Å². The fraction of sp³-hybridized carbons (Fsp3) is 0.115. The number of ether oxygens (including phenoxy) is 2. The summed E-state index contributed by atoms with van der Waals surface area (Å²) < 4.78 is 40.8. The summed E-state index contributed by atoms with van der Waals surface area (Å²) in [5.41, 5.74) is 8.54. The number of sulfonamides is 1. The average Bonchev–Trinajstić information content (AvgIpc) is 2.86. The number of rotatable bonds is 4. The van der Waals surface area contributed by atoms with E-state index in [1.54, 1.807) is 67.8 Å². The monoisotopic (exact) mass is 505 g/mol. The third-order valence-corrected chi connectivity index (χ3v) is 8.18. The summed E-state index contributed by atoms with van der Waals surface area (Å²) in [4.78, 5) is -0.0298. The Bertz CT molecular complexity index is 1520. The van der Waals surface area contributed by atoms with Gasteiger partial charge in [0.1, 0.15) is 22.3 Å². The lowest BCUT2D eigenvalue weighted by molar-refractivity contribution is 0.357. The van der Waals surface area contributed by atoms with Gasteiger partial charge in [0.15, 0.2) is 5.76 Å². The SMILES string of the molecule is COc1ccc(CN2c3ccccc3C3=C(C(c4ccc(Cl)cc4)C(C#N)=C(N)O3)S2(=O)=O)cc1. The Hall–Kier alpha value is -3.93. The van der Waals surface area contributed by atoms with Gasteiger partial charge >= 0.3 is 0 Å². The zero-order valence-corrected chi connectivity index (χ0v) is 20.2. The largest absolute Gasteiger partial charge is 0.497 e. The Morgan fingerprint density at radius 3 is 2.43 bits per heavy atom. The number of hydrogen-bond acceptors (Lipinski definition) is 6. The van der Waals surface area contributed by atoms with Gasteiger partial charge in [0.05, 0.1) is 25.3 Å². The van der Waals surface area contributed by atoms with Crippen LogP contribution in [0.5, 0.6) is 5.75 Å². The minimum Gasteiger partial charge on any atom is -0.497 e. The molecule has 0 radical (unpaired) electrons. The Labute approximate surface area is 208 Å². The van der Waals surface area contributed by atoms with E-state index in [9.17, 15) is 13.7 Å². The van der Waals surface area contributed by atoms with E-state index in [2.05, 4.69) is 6.07 Å². The zero-order valence-electron chi connectivity index (χ0n) is 18.6. The van der Waals surface area contributed by atoms with Crippen molar-refractivity contribution in [2.24, 2.45) is 5.73 Å². The van der Waals surface area contributed by atoms with Crippen molar-refractivity contribution >= 4 is 33.1 Å². The molecule has 0 fully saturated rings. The normalized spacial score (nSPS) is 18.3. The number of allylic oxidation sites excluding steroid dienone is 2. The molecule has 3 aromatic carbocycles. The molecule has 0 aliphatic carbocycles. The molecule has 0 amide bonds. The first-order valence-corrected chi connectivity index (χ1v) is 12.5. The van der Waals surface area contributed by atoms with E-state index in [0.717, 1.165) is 5.56 Å². The van der Waals surface area contributed by atoms with Crippen LogP contribution in [-0.2, 0) is 21.3 Å².